The molecule has 5 aromatic carbocycles. The summed E-state index contributed by atoms with van der Waals surface area (Å²) in [4.78, 5) is 5.04. The van der Waals surface area contributed by atoms with E-state index in [1.165, 1.54) is 56.0 Å². The molecule has 0 amide bonds. The van der Waals surface area contributed by atoms with Gasteiger partial charge in [0.05, 0.1) is 6.04 Å². The molecule has 0 spiro atoms. The largest absolute Gasteiger partial charge is 0.335 e. The summed E-state index contributed by atoms with van der Waals surface area (Å²) in [6, 6.07) is 49.5. The Hall–Kier alpha value is -5.21. The second-order valence-electron chi connectivity index (χ2n) is 14.5. The van der Waals surface area contributed by atoms with Crippen molar-refractivity contribution in [1.29, 1.82) is 0 Å². The van der Waals surface area contributed by atoms with Crippen LogP contribution in [-0.4, -0.2) is 19.5 Å². The molecule has 0 radical (unpaired) electrons. The van der Waals surface area contributed by atoms with Crippen LogP contribution in [0.3, 0.4) is 0 Å². The Kier molecular flexibility index (Phi) is 7.57. The van der Waals surface area contributed by atoms with Gasteiger partial charge in [0.15, 0.2) is 0 Å². The van der Waals surface area contributed by atoms with Crippen LogP contribution in [-0.2, 0) is 0 Å². The highest BCUT2D eigenvalue weighted by molar-refractivity contribution is 6.94. The fraction of sp³-hybridized carbons (Fsp3) is 0.174. The molecular weight excluding hydrogens is 602 g/mol. The number of fused-ring (bicyclic) bond motifs is 4. The van der Waals surface area contributed by atoms with Gasteiger partial charge in [-0.2, -0.15) is 0 Å². The van der Waals surface area contributed by atoms with Gasteiger partial charge in [-0.3, -0.25) is 0 Å². The summed E-state index contributed by atoms with van der Waals surface area (Å²) in [5.74, 6) is 1.07. The number of hydrogen-bond donors (Lipinski definition) is 0. The molecular formula is C46H42B2N2. The quantitative estimate of drug-likeness (QED) is 0.180. The Morgan fingerprint density at radius 1 is 0.480 bits per heavy atom. The molecule has 9 rings (SSSR count). The Labute approximate surface area is 298 Å². The summed E-state index contributed by atoms with van der Waals surface area (Å²) in [6.07, 6.45) is 9.44. The van der Waals surface area contributed by atoms with Crippen LogP contribution in [0.15, 0.2) is 180 Å². The second kappa shape index (κ2) is 12.3. The maximum absolute atomic E-state index is 2.58. The van der Waals surface area contributed by atoms with Crippen molar-refractivity contribution >= 4 is 58.3 Å². The van der Waals surface area contributed by atoms with Gasteiger partial charge < -0.3 is 9.80 Å². The SMILES string of the molecule is CC1=C(B2c3ccccc3N(c3ccccc3)c3ccccc32)C(C)C(C)C(B2c3ccccc3N(c3ccccc3)C3C=CC=CC23)=C1C. The zero-order valence-electron chi connectivity index (χ0n) is 29.4. The van der Waals surface area contributed by atoms with Crippen molar-refractivity contribution in [2.45, 2.75) is 39.6 Å². The van der Waals surface area contributed by atoms with Crippen molar-refractivity contribution < 1.29 is 0 Å². The van der Waals surface area contributed by atoms with Gasteiger partial charge in [0.25, 0.3) is 0 Å². The third-order valence-electron chi connectivity index (χ3n) is 12.2. The number of allylic oxidation sites excluding steroid dienone is 6. The van der Waals surface area contributed by atoms with Crippen LogP contribution in [0, 0.1) is 11.8 Å². The Morgan fingerprint density at radius 2 is 0.960 bits per heavy atom. The van der Waals surface area contributed by atoms with Crippen molar-refractivity contribution in [3.05, 3.63) is 180 Å². The Bertz CT molecular complexity index is 2170. The molecule has 5 aromatic rings. The van der Waals surface area contributed by atoms with E-state index < -0.39 is 0 Å². The molecule has 2 aliphatic heterocycles. The average molecular weight is 644 g/mol. The van der Waals surface area contributed by atoms with Crippen LogP contribution >= 0.6 is 0 Å². The van der Waals surface area contributed by atoms with Crippen LogP contribution in [0.4, 0.5) is 28.4 Å². The first-order valence-electron chi connectivity index (χ1n) is 18.3. The maximum atomic E-state index is 2.58. The highest BCUT2D eigenvalue weighted by Gasteiger charge is 2.49. The molecule has 242 valence electrons. The molecule has 0 N–H and O–H groups in total. The molecule has 0 fully saturated rings. The number of rotatable bonds is 4. The zero-order chi connectivity index (χ0) is 33.9. The van der Waals surface area contributed by atoms with E-state index in [4.69, 9.17) is 0 Å². The maximum Gasteiger partial charge on any atom is 0.243 e. The molecule has 50 heavy (non-hydrogen) atoms. The normalized spacial score (nSPS) is 22.3. The van der Waals surface area contributed by atoms with Crippen LogP contribution in [0.25, 0.3) is 0 Å². The summed E-state index contributed by atoms with van der Waals surface area (Å²) in [6.45, 7) is 10.3. The number of nitrogens with zero attached hydrogens (tertiary/aromatic N) is 2. The van der Waals surface area contributed by atoms with Gasteiger partial charge >= 0.3 is 0 Å². The van der Waals surface area contributed by atoms with Crippen molar-refractivity contribution in [3.63, 3.8) is 0 Å². The third-order valence-corrected chi connectivity index (χ3v) is 12.2. The fourth-order valence-corrected chi connectivity index (χ4v) is 9.80. The number of hydrogen-bond acceptors (Lipinski definition) is 2. The molecule has 4 aliphatic rings. The average Bonchev–Trinajstić information content (AvgIpc) is 3.17. The molecule has 2 heterocycles. The van der Waals surface area contributed by atoms with Gasteiger partial charge in [-0.15, -0.1) is 0 Å². The predicted octanol–water partition coefficient (Wildman–Crippen LogP) is 9.49. The first-order valence-corrected chi connectivity index (χ1v) is 18.3. The number of para-hydroxylation sites is 5. The highest BCUT2D eigenvalue weighted by atomic mass is 15.2. The summed E-state index contributed by atoms with van der Waals surface area (Å²) in [5, 5.41) is 0. The van der Waals surface area contributed by atoms with E-state index in [1.807, 2.05) is 0 Å². The molecule has 0 saturated carbocycles. The van der Waals surface area contributed by atoms with Gasteiger partial charge in [-0.25, -0.2) is 0 Å². The van der Waals surface area contributed by atoms with Crippen molar-refractivity contribution in [2.24, 2.45) is 11.8 Å². The van der Waals surface area contributed by atoms with Crippen LogP contribution in [0.1, 0.15) is 27.7 Å². The molecule has 0 aromatic heterocycles. The first-order chi connectivity index (χ1) is 24.5. The summed E-state index contributed by atoms with van der Waals surface area (Å²) >= 11 is 0. The highest BCUT2D eigenvalue weighted by Crippen LogP contribution is 2.49. The lowest BCUT2D eigenvalue weighted by Crippen LogP contribution is -2.57. The molecule has 4 atom stereocenters. The van der Waals surface area contributed by atoms with Crippen LogP contribution in [0.5, 0.6) is 0 Å². The van der Waals surface area contributed by atoms with Gasteiger partial charge in [0, 0.05) is 28.4 Å². The smallest absolute Gasteiger partial charge is 0.243 e. The number of benzene rings is 5. The molecule has 0 bridgehead atoms. The lowest BCUT2D eigenvalue weighted by molar-refractivity contribution is 0.518. The molecule has 2 nitrogen and oxygen atoms in total. The second-order valence-corrected chi connectivity index (χ2v) is 14.5. The van der Waals surface area contributed by atoms with Crippen molar-refractivity contribution in [2.75, 3.05) is 9.80 Å². The minimum atomic E-state index is 0.189. The Balaban J connectivity index is 1.23. The van der Waals surface area contributed by atoms with E-state index in [9.17, 15) is 0 Å². The van der Waals surface area contributed by atoms with Crippen molar-refractivity contribution in [1.82, 2.24) is 0 Å². The lowest BCUT2D eigenvalue weighted by atomic mass is 9.25. The summed E-state index contributed by atoms with van der Waals surface area (Å²) in [5.41, 5.74) is 16.7. The van der Waals surface area contributed by atoms with Crippen LogP contribution in [0.2, 0.25) is 5.82 Å². The van der Waals surface area contributed by atoms with E-state index in [0.717, 1.165) is 0 Å². The summed E-state index contributed by atoms with van der Waals surface area (Å²) in [7, 11) is 0. The molecule has 4 heteroatoms. The van der Waals surface area contributed by atoms with Crippen LogP contribution < -0.4 is 26.2 Å². The van der Waals surface area contributed by atoms with Gasteiger partial charge in [0.2, 0.25) is 13.4 Å². The Morgan fingerprint density at radius 3 is 1.60 bits per heavy atom. The molecule has 2 aliphatic carbocycles. The zero-order valence-corrected chi connectivity index (χ0v) is 29.4. The first kappa shape index (κ1) is 30.8. The minimum absolute atomic E-state index is 0.189. The van der Waals surface area contributed by atoms with E-state index >= 15 is 0 Å². The van der Waals surface area contributed by atoms with Gasteiger partial charge in [0.1, 0.15) is 0 Å². The lowest BCUT2D eigenvalue weighted by Gasteiger charge is -2.49. The van der Waals surface area contributed by atoms with E-state index in [0.29, 0.717) is 24.4 Å². The third kappa shape index (κ3) is 4.65. The van der Waals surface area contributed by atoms with Gasteiger partial charge in [-0.1, -0.05) is 157 Å². The summed E-state index contributed by atoms with van der Waals surface area (Å²) < 4.78 is 0. The molecule has 0 saturated heterocycles. The topological polar surface area (TPSA) is 6.48 Å². The minimum Gasteiger partial charge on any atom is -0.335 e. The van der Waals surface area contributed by atoms with E-state index in [1.54, 1.807) is 10.9 Å². The fourth-order valence-electron chi connectivity index (χ4n) is 9.80. The van der Waals surface area contributed by atoms with E-state index in [-0.39, 0.29) is 12.8 Å². The molecule has 4 unspecified atom stereocenters. The van der Waals surface area contributed by atoms with Gasteiger partial charge in [-0.05, 0) is 84.9 Å². The monoisotopic (exact) mass is 644 g/mol. The predicted molar refractivity (Wildman–Crippen MR) is 216 cm³/mol. The van der Waals surface area contributed by atoms with Crippen molar-refractivity contribution in [3.8, 4) is 0 Å². The van der Waals surface area contributed by atoms with E-state index in [2.05, 4.69) is 195 Å². The standard InChI is InChI=1S/C46H42B2N2/c1-31-32(2)46(48-39-25-13-17-29-43(39)50(36-21-9-6-10-22-36)44-30-18-14-26-40(44)48)34(4)33(3)45(31)47-37-23-11-15-27-41(37)49(35-19-7-5-8-20-35)42-28-16-12-24-38(42)47/h5-32,37,41H,1-4H3. The number of anilines is 5.